The van der Waals surface area contributed by atoms with Crippen LogP contribution in [-0.2, 0) is 17.8 Å². The quantitative estimate of drug-likeness (QED) is 0.328. The normalized spacial score (nSPS) is 14.3. The van der Waals surface area contributed by atoms with Gasteiger partial charge in [0.15, 0.2) is 0 Å². The number of nitrogens with two attached hydrogens (primary N) is 1. The summed E-state index contributed by atoms with van der Waals surface area (Å²) in [5.74, 6) is -1.03. The number of carbonyl (C=O) groups excluding carboxylic acids is 1. The summed E-state index contributed by atoms with van der Waals surface area (Å²) >= 11 is 0. The number of aromatic nitrogens is 2. The van der Waals surface area contributed by atoms with Gasteiger partial charge in [0.05, 0.1) is 18.8 Å². The molecule has 5 rings (SSSR count). The van der Waals surface area contributed by atoms with Crippen LogP contribution in [0, 0.1) is 0 Å². The summed E-state index contributed by atoms with van der Waals surface area (Å²) in [4.78, 5) is 33.9. The van der Waals surface area contributed by atoms with Crippen molar-refractivity contribution in [3.63, 3.8) is 0 Å². The molecule has 1 saturated heterocycles. The van der Waals surface area contributed by atoms with E-state index in [1.165, 1.54) is 0 Å². The monoisotopic (exact) mass is 516 g/mol. The molecule has 0 aliphatic carbocycles. The molecule has 198 valence electrons. The Hall–Kier alpha value is -3.99. The zero-order valence-electron chi connectivity index (χ0n) is 21.4. The van der Waals surface area contributed by atoms with Gasteiger partial charge in [-0.15, -0.1) is 0 Å². The van der Waals surface area contributed by atoms with Gasteiger partial charge in [-0.05, 0) is 46.7 Å². The first-order valence-corrected chi connectivity index (χ1v) is 12.7. The maximum absolute atomic E-state index is 13.1. The lowest BCUT2D eigenvalue weighted by atomic mass is 10.0. The van der Waals surface area contributed by atoms with Crippen LogP contribution >= 0.6 is 0 Å². The van der Waals surface area contributed by atoms with Crippen molar-refractivity contribution >= 4 is 39.5 Å². The second kappa shape index (κ2) is 11.2. The van der Waals surface area contributed by atoms with Crippen LogP contribution in [0.4, 0.5) is 10.5 Å². The maximum Gasteiger partial charge on any atom is 0.352 e. The second-order valence-electron chi connectivity index (χ2n) is 9.45. The molecule has 0 saturated carbocycles. The van der Waals surface area contributed by atoms with Crippen LogP contribution in [0.2, 0.25) is 0 Å². The number of carboxylic acid groups (broad SMARTS) is 1. The SMILES string of the molecule is COCCN1CCN(C(=O)Nc2cc(Cn3c(C(=O)O)cc4ccc(CN)nc43)c3ccccc3c2)CC1. The molecule has 0 atom stereocenters. The molecular weight excluding hydrogens is 484 g/mol. The number of carbonyl (C=O) groups is 2. The van der Waals surface area contributed by atoms with Crippen molar-refractivity contribution in [2.75, 3.05) is 51.8 Å². The first-order valence-electron chi connectivity index (χ1n) is 12.7. The first-order chi connectivity index (χ1) is 18.5. The summed E-state index contributed by atoms with van der Waals surface area (Å²) in [5.41, 5.74) is 8.73. The molecule has 0 radical (unpaired) electrons. The highest BCUT2D eigenvalue weighted by Crippen LogP contribution is 2.28. The molecule has 1 fully saturated rings. The Morgan fingerprint density at radius 3 is 2.58 bits per heavy atom. The van der Waals surface area contributed by atoms with Gasteiger partial charge in [-0.25, -0.2) is 14.6 Å². The number of carboxylic acids is 1. The molecule has 0 spiro atoms. The number of amides is 2. The van der Waals surface area contributed by atoms with Gasteiger partial charge in [0, 0.05) is 57.5 Å². The topological polar surface area (TPSA) is 126 Å². The number of pyridine rings is 1. The molecule has 2 aromatic heterocycles. The van der Waals surface area contributed by atoms with E-state index in [-0.39, 0.29) is 24.8 Å². The number of nitrogens with zero attached hydrogens (tertiary/aromatic N) is 4. The van der Waals surface area contributed by atoms with E-state index in [9.17, 15) is 14.7 Å². The Labute approximate surface area is 220 Å². The fourth-order valence-corrected chi connectivity index (χ4v) is 4.98. The third-order valence-electron chi connectivity index (χ3n) is 7.03. The number of rotatable bonds is 8. The summed E-state index contributed by atoms with van der Waals surface area (Å²) < 4.78 is 6.86. The molecule has 0 unspecified atom stereocenters. The Kier molecular flexibility index (Phi) is 7.54. The van der Waals surface area contributed by atoms with E-state index in [0.29, 0.717) is 36.7 Å². The zero-order chi connectivity index (χ0) is 26.6. The van der Waals surface area contributed by atoms with Gasteiger partial charge in [0.25, 0.3) is 0 Å². The Morgan fingerprint density at radius 1 is 1.05 bits per heavy atom. The molecule has 2 amide bonds. The van der Waals surface area contributed by atoms with E-state index in [0.717, 1.165) is 41.4 Å². The molecular formula is C28H32N6O4. The Balaban J connectivity index is 1.44. The number of hydrogen-bond donors (Lipinski definition) is 3. The number of aromatic carboxylic acids is 1. The highest BCUT2D eigenvalue weighted by atomic mass is 16.5. The lowest BCUT2D eigenvalue weighted by molar-refractivity contribution is 0.0686. The number of anilines is 1. The van der Waals surface area contributed by atoms with Crippen molar-refractivity contribution in [3.8, 4) is 0 Å². The lowest BCUT2D eigenvalue weighted by Crippen LogP contribution is -2.50. The van der Waals surface area contributed by atoms with Crippen LogP contribution in [0.3, 0.4) is 0 Å². The second-order valence-corrected chi connectivity index (χ2v) is 9.45. The number of benzene rings is 2. The molecule has 3 heterocycles. The zero-order valence-corrected chi connectivity index (χ0v) is 21.4. The number of methoxy groups -OCH3 is 1. The van der Waals surface area contributed by atoms with Crippen LogP contribution in [-0.4, -0.2) is 82.9 Å². The van der Waals surface area contributed by atoms with Gasteiger partial charge in [-0.2, -0.15) is 0 Å². The molecule has 10 heteroatoms. The fourth-order valence-electron chi connectivity index (χ4n) is 4.98. The number of ether oxygens (including phenoxy) is 1. The summed E-state index contributed by atoms with van der Waals surface area (Å²) in [6.07, 6.45) is 0. The molecule has 1 aliphatic rings. The average Bonchev–Trinajstić information content (AvgIpc) is 3.30. The third kappa shape index (κ3) is 5.33. The fraction of sp³-hybridized carbons (Fsp3) is 0.321. The van der Waals surface area contributed by atoms with Crippen LogP contribution in [0.5, 0.6) is 0 Å². The van der Waals surface area contributed by atoms with E-state index in [2.05, 4.69) is 15.2 Å². The molecule has 0 bridgehead atoms. The van der Waals surface area contributed by atoms with Gasteiger partial charge >= 0.3 is 12.0 Å². The maximum atomic E-state index is 13.1. The van der Waals surface area contributed by atoms with Crippen molar-refractivity contribution < 1.29 is 19.4 Å². The van der Waals surface area contributed by atoms with E-state index in [4.69, 9.17) is 10.5 Å². The van der Waals surface area contributed by atoms with Crippen molar-refractivity contribution in [1.29, 1.82) is 0 Å². The summed E-state index contributed by atoms with van der Waals surface area (Å²) in [7, 11) is 1.69. The first kappa shape index (κ1) is 25.7. The van der Waals surface area contributed by atoms with E-state index in [1.807, 2.05) is 47.4 Å². The van der Waals surface area contributed by atoms with E-state index in [1.54, 1.807) is 23.8 Å². The minimum absolute atomic E-state index is 0.145. The van der Waals surface area contributed by atoms with Crippen LogP contribution < -0.4 is 11.1 Å². The highest BCUT2D eigenvalue weighted by Gasteiger charge is 2.22. The van der Waals surface area contributed by atoms with Gasteiger partial charge in [-0.3, -0.25) is 4.90 Å². The predicted octanol–water partition coefficient (Wildman–Crippen LogP) is 3.19. The molecule has 38 heavy (non-hydrogen) atoms. The standard InChI is InChI=1S/C28H32N6O4/c1-38-13-12-32-8-10-33(11-9-32)28(37)31-23-14-19-4-2-3-5-24(19)21(15-23)18-34-25(27(35)36)16-20-6-7-22(17-29)30-26(20)34/h2-7,14-16H,8-13,17-18,29H2,1H3,(H,31,37)(H,35,36). The van der Waals surface area contributed by atoms with Crippen LogP contribution in [0.25, 0.3) is 21.8 Å². The average molecular weight is 517 g/mol. The molecule has 4 N–H and O–H groups in total. The summed E-state index contributed by atoms with van der Waals surface area (Å²) in [6, 6.07) is 16.9. The van der Waals surface area contributed by atoms with E-state index < -0.39 is 5.97 Å². The third-order valence-corrected chi connectivity index (χ3v) is 7.03. The number of fused-ring (bicyclic) bond motifs is 2. The Morgan fingerprint density at radius 2 is 1.84 bits per heavy atom. The lowest BCUT2D eigenvalue weighted by Gasteiger charge is -2.34. The number of hydrogen-bond acceptors (Lipinski definition) is 6. The smallest absolute Gasteiger partial charge is 0.352 e. The highest BCUT2D eigenvalue weighted by molar-refractivity contribution is 5.96. The van der Waals surface area contributed by atoms with Gasteiger partial charge in [0.1, 0.15) is 11.3 Å². The van der Waals surface area contributed by atoms with Crippen LogP contribution in [0.15, 0.2) is 54.6 Å². The number of nitrogens with one attached hydrogen (secondary N) is 1. The minimum atomic E-state index is -1.03. The van der Waals surface area contributed by atoms with Crippen LogP contribution in [0.1, 0.15) is 21.7 Å². The van der Waals surface area contributed by atoms with E-state index >= 15 is 0 Å². The van der Waals surface area contributed by atoms with Gasteiger partial charge in [0.2, 0.25) is 0 Å². The van der Waals surface area contributed by atoms with Gasteiger partial charge in [-0.1, -0.05) is 24.3 Å². The largest absolute Gasteiger partial charge is 0.477 e. The van der Waals surface area contributed by atoms with Crippen molar-refractivity contribution in [3.05, 3.63) is 71.5 Å². The molecule has 2 aromatic carbocycles. The number of urea groups is 1. The molecule has 1 aliphatic heterocycles. The summed E-state index contributed by atoms with van der Waals surface area (Å²) in [5, 5.41) is 15.6. The molecule has 10 nitrogen and oxygen atoms in total. The predicted molar refractivity (Wildman–Crippen MR) is 147 cm³/mol. The minimum Gasteiger partial charge on any atom is -0.477 e. The molecule has 4 aromatic rings. The van der Waals surface area contributed by atoms with Crippen molar-refractivity contribution in [2.45, 2.75) is 13.1 Å². The summed E-state index contributed by atoms with van der Waals surface area (Å²) in [6.45, 7) is 4.95. The van der Waals surface area contributed by atoms with Crippen molar-refractivity contribution in [1.82, 2.24) is 19.4 Å². The Bertz CT molecular complexity index is 1480. The van der Waals surface area contributed by atoms with Crippen molar-refractivity contribution in [2.24, 2.45) is 5.73 Å². The van der Waals surface area contributed by atoms with Gasteiger partial charge < -0.3 is 30.4 Å². The number of piperazine rings is 1.